The highest BCUT2D eigenvalue weighted by atomic mass is 79.9. The van der Waals surface area contributed by atoms with Gasteiger partial charge < -0.3 is 9.88 Å². The standard InChI is InChI=1S/C20H18BrN5O/c21-17-3-6-19-16(11-17)7-9-25(19)10-8-20(27)24-18-4-1-15(2-5-18)12-26-14-22-13-23-26/h1-7,9,11,13-14H,8,10,12H2,(H,24,27). The SMILES string of the molecule is O=C(CCn1ccc2cc(Br)ccc21)Nc1ccc(Cn2cncn2)cc1. The van der Waals surface area contributed by atoms with Crippen LogP contribution in [-0.2, 0) is 17.9 Å². The van der Waals surface area contributed by atoms with Crippen molar-refractivity contribution in [2.75, 3.05) is 5.32 Å². The summed E-state index contributed by atoms with van der Waals surface area (Å²) in [5.41, 5.74) is 3.02. The first-order valence-corrected chi connectivity index (χ1v) is 9.42. The zero-order valence-electron chi connectivity index (χ0n) is 14.5. The second-order valence-corrected chi connectivity index (χ2v) is 7.22. The molecule has 0 aliphatic rings. The molecule has 2 heterocycles. The van der Waals surface area contributed by atoms with Crippen molar-refractivity contribution in [1.29, 1.82) is 0 Å². The van der Waals surface area contributed by atoms with E-state index in [2.05, 4.69) is 54.1 Å². The zero-order valence-corrected chi connectivity index (χ0v) is 16.1. The van der Waals surface area contributed by atoms with Crippen LogP contribution >= 0.6 is 15.9 Å². The normalized spacial score (nSPS) is 11.0. The van der Waals surface area contributed by atoms with Crippen LogP contribution in [-0.4, -0.2) is 25.2 Å². The second-order valence-electron chi connectivity index (χ2n) is 6.30. The quantitative estimate of drug-likeness (QED) is 0.508. The number of amides is 1. The summed E-state index contributed by atoms with van der Waals surface area (Å²) in [4.78, 5) is 16.2. The summed E-state index contributed by atoms with van der Waals surface area (Å²) in [6.45, 7) is 1.30. The van der Waals surface area contributed by atoms with Crippen molar-refractivity contribution >= 4 is 38.4 Å². The van der Waals surface area contributed by atoms with E-state index in [-0.39, 0.29) is 5.91 Å². The van der Waals surface area contributed by atoms with Crippen molar-refractivity contribution in [1.82, 2.24) is 19.3 Å². The molecule has 1 amide bonds. The second kappa shape index (κ2) is 7.75. The van der Waals surface area contributed by atoms with Crippen LogP contribution in [0.4, 0.5) is 5.69 Å². The molecule has 27 heavy (non-hydrogen) atoms. The van der Waals surface area contributed by atoms with Gasteiger partial charge in [-0.2, -0.15) is 5.10 Å². The Kier molecular flexibility index (Phi) is 5.02. The minimum Gasteiger partial charge on any atom is -0.347 e. The van der Waals surface area contributed by atoms with Crippen LogP contribution < -0.4 is 5.32 Å². The third-order valence-electron chi connectivity index (χ3n) is 4.36. The molecule has 0 aliphatic heterocycles. The highest BCUT2D eigenvalue weighted by molar-refractivity contribution is 9.10. The summed E-state index contributed by atoms with van der Waals surface area (Å²) >= 11 is 3.48. The lowest BCUT2D eigenvalue weighted by atomic mass is 10.2. The number of fused-ring (bicyclic) bond motifs is 1. The van der Waals surface area contributed by atoms with Crippen molar-refractivity contribution in [3.63, 3.8) is 0 Å². The van der Waals surface area contributed by atoms with E-state index in [1.165, 1.54) is 6.33 Å². The maximum atomic E-state index is 12.3. The van der Waals surface area contributed by atoms with Crippen LogP contribution in [0.1, 0.15) is 12.0 Å². The first kappa shape index (κ1) is 17.5. The topological polar surface area (TPSA) is 64.7 Å². The molecule has 1 N–H and O–H groups in total. The zero-order chi connectivity index (χ0) is 18.6. The number of nitrogens with one attached hydrogen (secondary N) is 1. The van der Waals surface area contributed by atoms with E-state index in [1.807, 2.05) is 36.5 Å². The van der Waals surface area contributed by atoms with Crippen molar-refractivity contribution < 1.29 is 4.79 Å². The van der Waals surface area contributed by atoms with Crippen LogP contribution in [0.15, 0.2) is 71.9 Å². The summed E-state index contributed by atoms with van der Waals surface area (Å²) < 4.78 is 4.91. The largest absolute Gasteiger partial charge is 0.347 e. The number of halogens is 1. The molecule has 2 aromatic carbocycles. The van der Waals surface area contributed by atoms with Gasteiger partial charge in [0.2, 0.25) is 5.91 Å². The molecule has 7 heteroatoms. The van der Waals surface area contributed by atoms with E-state index in [9.17, 15) is 4.79 Å². The number of aryl methyl sites for hydroxylation is 1. The van der Waals surface area contributed by atoms with Gasteiger partial charge in [0.25, 0.3) is 0 Å². The molecule has 0 bridgehead atoms. The third-order valence-corrected chi connectivity index (χ3v) is 4.85. The number of carbonyl (C=O) groups is 1. The Balaban J connectivity index is 1.33. The molecule has 0 radical (unpaired) electrons. The molecule has 4 aromatic rings. The van der Waals surface area contributed by atoms with Gasteiger partial charge in [0.1, 0.15) is 12.7 Å². The fraction of sp³-hybridized carbons (Fsp3) is 0.150. The predicted molar refractivity (Wildman–Crippen MR) is 108 cm³/mol. The van der Waals surface area contributed by atoms with E-state index < -0.39 is 0 Å². The third kappa shape index (κ3) is 4.25. The maximum Gasteiger partial charge on any atom is 0.226 e. The molecule has 0 atom stereocenters. The summed E-state index contributed by atoms with van der Waals surface area (Å²) in [5, 5.41) is 8.20. The molecule has 0 fully saturated rings. The summed E-state index contributed by atoms with van der Waals surface area (Å²) in [6.07, 6.45) is 5.63. The van der Waals surface area contributed by atoms with Gasteiger partial charge in [0, 0.05) is 40.2 Å². The van der Waals surface area contributed by atoms with Gasteiger partial charge in [-0.1, -0.05) is 28.1 Å². The number of hydrogen-bond acceptors (Lipinski definition) is 3. The molecule has 136 valence electrons. The van der Waals surface area contributed by atoms with Gasteiger partial charge in [-0.15, -0.1) is 0 Å². The molecule has 2 aromatic heterocycles. The van der Waals surface area contributed by atoms with Gasteiger partial charge in [-0.25, -0.2) is 9.67 Å². The van der Waals surface area contributed by atoms with Crippen LogP contribution in [0.25, 0.3) is 10.9 Å². The number of hydrogen-bond donors (Lipinski definition) is 1. The molecule has 0 aliphatic carbocycles. The molecular weight excluding hydrogens is 406 g/mol. The lowest BCUT2D eigenvalue weighted by molar-refractivity contribution is -0.116. The first-order valence-electron chi connectivity index (χ1n) is 8.63. The number of benzene rings is 2. The molecular formula is C20H18BrN5O. The van der Waals surface area contributed by atoms with Gasteiger partial charge in [-0.05, 0) is 42.0 Å². The highest BCUT2D eigenvalue weighted by Crippen LogP contribution is 2.21. The summed E-state index contributed by atoms with van der Waals surface area (Å²) in [6, 6.07) is 16.0. The Labute approximate surface area is 165 Å². The molecule has 6 nitrogen and oxygen atoms in total. The van der Waals surface area contributed by atoms with Crippen molar-refractivity contribution in [2.45, 2.75) is 19.5 Å². The van der Waals surface area contributed by atoms with E-state index >= 15 is 0 Å². The number of anilines is 1. The smallest absolute Gasteiger partial charge is 0.226 e. The first-order chi connectivity index (χ1) is 13.2. The average Bonchev–Trinajstić information content (AvgIpc) is 3.31. The lowest BCUT2D eigenvalue weighted by Gasteiger charge is -2.08. The average molecular weight is 424 g/mol. The summed E-state index contributed by atoms with van der Waals surface area (Å²) in [7, 11) is 0. The molecule has 0 spiro atoms. The van der Waals surface area contributed by atoms with Gasteiger partial charge in [-0.3, -0.25) is 4.79 Å². The molecule has 0 unspecified atom stereocenters. The Morgan fingerprint density at radius 1 is 1.11 bits per heavy atom. The maximum absolute atomic E-state index is 12.3. The fourth-order valence-corrected chi connectivity index (χ4v) is 3.39. The number of aromatic nitrogens is 4. The van der Waals surface area contributed by atoms with Crippen LogP contribution in [0, 0.1) is 0 Å². The van der Waals surface area contributed by atoms with Gasteiger partial charge >= 0.3 is 0 Å². The lowest BCUT2D eigenvalue weighted by Crippen LogP contribution is -2.14. The number of rotatable bonds is 6. The van der Waals surface area contributed by atoms with Crippen LogP contribution in [0.5, 0.6) is 0 Å². The number of carbonyl (C=O) groups excluding carboxylic acids is 1. The van der Waals surface area contributed by atoms with Crippen LogP contribution in [0.3, 0.4) is 0 Å². The minimum absolute atomic E-state index is 0.00186. The van der Waals surface area contributed by atoms with E-state index in [0.717, 1.165) is 26.6 Å². The van der Waals surface area contributed by atoms with Gasteiger partial charge in [0.15, 0.2) is 0 Å². The molecule has 0 saturated carbocycles. The Hall–Kier alpha value is -2.93. The monoisotopic (exact) mass is 423 g/mol. The van der Waals surface area contributed by atoms with E-state index in [1.54, 1.807) is 11.0 Å². The van der Waals surface area contributed by atoms with E-state index in [4.69, 9.17) is 0 Å². The Morgan fingerprint density at radius 3 is 2.74 bits per heavy atom. The van der Waals surface area contributed by atoms with Crippen molar-refractivity contribution in [3.05, 3.63) is 77.4 Å². The minimum atomic E-state index is -0.00186. The van der Waals surface area contributed by atoms with Crippen LogP contribution in [0.2, 0.25) is 0 Å². The molecule has 4 rings (SSSR count). The van der Waals surface area contributed by atoms with Crippen molar-refractivity contribution in [3.8, 4) is 0 Å². The Bertz CT molecular complexity index is 1050. The highest BCUT2D eigenvalue weighted by Gasteiger charge is 2.06. The number of nitrogens with zero attached hydrogens (tertiary/aromatic N) is 4. The van der Waals surface area contributed by atoms with E-state index in [0.29, 0.717) is 19.5 Å². The van der Waals surface area contributed by atoms with Gasteiger partial charge in [0.05, 0.1) is 6.54 Å². The molecule has 0 saturated heterocycles. The summed E-state index contributed by atoms with van der Waals surface area (Å²) in [5.74, 6) is -0.00186. The fourth-order valence-electron chi connectivity index (χ4n) is 3.01. The predicted octanol–water partition coefficient (Wildman–Crippen LogP) is 4.07. The van der Waals surface area contributed by atoms with Crippen molar-refractivity contribution in [2.24, 2.45) is 0 Å². The Morgan fingerprint density at radius 2 is 1.96 bits per heavy atom.